The summed E-state index contributed by atoms with van der Waals surface area (Å²) in [6.45, 7) is 1.06. The average Bonchev–Trinajstić information content (AvgIpc) is 2.37. The van der Waals surface area contributed by atoms with Crippen molar-refractivity contribution < 1.29 is 4.79 Å². The molecule has 2 heterocycles. The molecule has 0 bridgehead atoms. The van der Waals surface area contributed by atoms with E-state index in [-0.39, 0.29) is 0 Å². The topological polar surface area (TPSA) is 80.0 Å². The number of primary amides is 1. The first kappa shape index (κ1) is 12.4. The third kappa shape index (κ3) is 2.56. The Balaban J connectivity index is 1.67. The molecule has 1 spiro atoms. The van der Waals surface area contributed by atoms with Crippen molar-refractivity contribution in [1.29, 1.82) is 0 Å². The highest BCUT2D eigenvalue weighted by atomic mass is 16.1. The van der Waals surface area contributed by atoms with Gasteiger partial charge in [0.25, 0.3) is 5.91 Å². The summed E-state index contributed by atoms with van der Waals surface area (Å²) in [4.78, 5) is 15.1. The largest absolute Gasteiger partial charge is 0.382 e. The number of hydrogen-bond donors (Lipinski definition) is 3. The summed E-state index contributed by atoms with van der Waals surface area (Å²) in [6.07, 6.45) is 7.79. The third-order valence-corrected chi connectivity index (χ3v) is 4.32. The number of piperidine rings is 1. The van der Waals surface area contributed by atoms with E-state index >= 15 is 0 Å². The molecule has 1 aliphatic heterocycles. The number of nitrogens with one attached hydrogen (secondary N) is 2. The van der Waals surface area contributed by atoms with Crippen LogP contribution in [-0.2, 0) is 0 Å². The normalized spacial score (nSPS) is 24.7. The number of anilines is 1. The molecule has 102 valence electrons. The van der Waals surface area contributed by atoms with Crippen molar-refractivity contribution in [3.63, 3.8) is 0 Å². The fourth-order valence-corrected chi connectivity index (χ4v) is 3.16. The molecule has 2 aliphatic rings. The van der Waals surface area contributed by atoms with Crippen LogP contribution in [0.2, 0.25) is 0 Å². The minimum Gasteiger partial charge on any atom is -0.382 e. The minimum absolute atomic E-state index is 0.317. The smallest absolute Gasteiger partial charge is 0.267 e. The summed E-state index contributed by atoms with van der Waals surface area (Å²) in [5, 5.41) is 7.16. The zero-order valence-corrected chi connectivity index (χ0v) is 11.0. The molecule has 1 saturated carbocycles. The Kier molecular flexibility index (Phi) is 3.14. The van der Waals surface area contributed by atoms with Crippen molar-refractivity contribution in [3.05, 3.63) is 24.0 Å². The van der Waals surface area contributed by atoms with Gasteiger partial charge in [-0.3, -0.25) is 9.78 Å². The number of pyridine rings is 1. The molecule has 1 aromatic heterocycles. The molecule has 5 heteroatoms. The lowest BCUT2D eigenvalue weighted by Crippen LogP contribution is -2.58. The fraction of sp³-hybridized carbons (Fsp3) is 0.571. The van der Waals surface area contributed by atoms with Gasteiger partial charge in [0.2, 0.25) is 0 Å². The third-order valence-electron chi connectivity index (χ3n) is 4.32. The lowest BCUT2D eigenvalue weighted by molar-refractivity contribution is 0.0995. The Morgan fingerprint density at radius 3 is 3.05 bits per heavy atom. The van der Waals surface area contributed by atoms with Crippen LogP contribution in [0.25, 0.3) is 0 Å². The van der Waals surface area contributed by atoms with E-state index in [1.54, 1.807) is 12.3 Å². The van der Waals surface area contributed by atoms with E-state index in [9.17, 15) is 4.79 Å². The van der Waals surface area contributed by atoms with Crippen LogP contribution in [-0.4, -0.2) is 29.0 Å². The number of hydrogen-bond acceptors (Lipinski definition) is 4. The van der Waals surface area contributed by atoms with E-state index < -0.39 is 5.91 Å². The Bertz CT molecular complexity index is 484. The van der Waals surface area contributed by atoms with Gasteiger partial charge in [-0.15, -0.1) is 0 Å². The lowest BCUT2D eigenvalue weighted by Gasteiger charge is -2.48. The van der Waals surface area contributed by atoms with Gasteiger partial charge in [-0.25, -0.2) is 0 Å². The summed E-state index contributed by atoms with van der Waals surface area (Å²) in [5.41, 5.74) is 6.87. The Labute approximate surface area is 113 Å². The SMILES string of the molecule is NC(=O)c1cc(NC2CCNC3(CCC3)C2)ccn1. The molecule has 1 aromatic rings. The highest BCUT2D eigenvalue weighted by Gasteiger charge is 2.40. The molecule has 3 rings (SSSR count). The number of rotatable bonds is 3. The van der Waals surface area contributed by atoms with E-state index in [1.165, 1.54) is 19.3 Å². The molecule has 1 saturated heterocycles. The zero-order valence-electron chi connectivity index (χ0n) is 11.0. The van der Waals surface area contributed by atoms with Crippen LogP contribution in [0.1, 0.15) is 42.6 Å². The molecule has 1 unspecified atom stereocenters. The summed E-state index contributed by atoms with van der Waals surface area (Å²) in [5.74, 6) is -0.482. The van der Waals surface area contributed by atoms with Crippen LogP contribution >= 0.6 is 0 Å². The molecule has 4 N–H and O–H groups in total. The monoisotopic (exact) mass is 260 g/mol. The summed E-state index contributed by atoms with van der Waals surface area (Å²) >= 11 is 0. The van der Waals surface area contributed by atoms with Crippen LogP contribution in [0, 0.1) is 0 Å². The fourth-order valence-electron chi connectivity index (χ4n) is 3.16. The standard InChI is InChI=1S/C14H20N4O/c15-13(19)12-8-10(2-6-16-12)18-11-3-7-17-14(9-11)4-1-5-14/h2,6,8,11,17H,1,3-5,7,9H2,(H2,15,19)(H,16,18). The molecular formula is C14H20N4O. The van der Waals surface area contributed by atoms with Gasteiger partial charge in [-0.05, 0) is 50.8 Å². The molecule has 5 nitrogen and oxygen atoms in total. The zero-order chi connectivity index (χ0) is 13.3. The number of nitrogens with two attached hydrogens (primary N) is 1. The molecule has 0 aromatic carbocycles. The van der Waals surface area contributed by atoms with Gasteiger partial charge >= 0.3 is 0 Å². The molecule has 0 radical (unpaired) electrons. The summed E-state index contributed by atoms with van der Waals surface area (Å²) in [7, 11) is 0. The van der Waals surface area contributed by atoms with Crippen molar-refractivity contribution in [2.45, 2.75) is 43.7 Å². The van der Waals surface area contributed by atoms with Crippen LogP contribution in [0.4, 0.5) is 5.69 Å². The van der Waals surface area contributed by atoms with Crippen LogP contribution in [0.5, 0.6) is 0 Å². The molecule has 2 fully saturated rings. The number of carbonyl (C=O) groups is 1. The van der Waals surface area contributed by atoms with Crippen molar-refractivity contribution in [1.82, 2.24) is 10.3 Å². The number of nitrogens with zero attached hydrogens (tertiary/aromatic N) is 1. The van der Waals surface area contributed by atoms with E-state index in [2.05, 4.69) is 15.6 Å². The van der Waals surface area contributed by atoms with Crippen LogP contribution < -0.4 is 16.4 Å². The molecule has 19 heavy (non-hydrogen) atoms. The molecule has 1 atom stereocenters. The maximum atomic E-state index is 11.1. The van der Waals surface area contributed by atoms with Gasteiger partial charge in [0, 0.05) is 23.5 Å². The van der Waals surface area contributed by atoms with Gasteiger partial charge < -0.3 is 16.4 Å². The quantitative estimate of drug-likeness (QED) is 0.764. The Morgan fingerprint density at radius 1 is 1.53 bits per heavy atom. The highest BCUT2D eigenvalue weighted by molar-refractivity contribution is 5.91. The van der Waals surface area contributed by atoms with Crippen LogP contribution in [0.15, 0.2) is 18.3 Å². The number of amides is 1. The van der Waals surface area contributed by atoms with E-state index in [0.29, 0.717) is 17.3 Å². The molecular weight excluding hydrogens is 240 g/mol. The maximum absolute atomic E-state index is 11.1. The predicted octanol–water partition coefficient (Wildman–Crippen LogP) is 1.27. The first-order valence-electron chi connectivity index (χ1n) is 6.94. The van der Waals surface area contributed by atoms with Crippen molar-refractivity contribution in [2.24, 2.45) is 5.73 Å². The maximum Gasteiger partial charge on any atom is 0.267 e. The van der Waals surface area contributed by atoms with Crippen LogP contribution in [0.3, 0.4) is 0 Å². The van der Waals surface area contributed by atoms with Gasteiger partial charge in [0.05, 0.1) is 0 Å². The number of aromatic nitrogens is 1. The second kappa shape index (κ2) is 4.81. The van der Waals surface area contributed by atoms with E-state index in [4.69, 9.17) is 5.73 Å². The summed E-state index contributed by atoms with van der Waals surface area (Å²) < 4.78 is 0. The first-order chi connectivity index (χ1) is 9.17. The second-order valence-electron chi connectivity index (χ2n) is 5.69. The van der Waals surface area contributed by atoms with Gasteiger partial charge in [-0.2, -0.15) is 0 Å². The van der Waals surface area contributed by atoms with Gasteiger partial charge in [-0.1, -0.05) is 0 Å². The highest BCUT2D eigenvalue weighted by Crippen LogP contribution is 2.38. The predicted molar refractivity (Wildman–Crippen MR) is 74.0 cm³/mol. The molecule has 1 amide bonds. The molecule has 1 aliphatic carbocycles. The van der Waals surface area contributed by atoms with Gasteiger partial charge in [0.15, 0.2) is 0 Å². The van der Waals surface area contributed by atoms with E-state index in [0.717, 1.165) is 25.1 Å². The summed E-state index contributed by atoms with van der Waals surface area (Å²) in [6, 6.07) is 4.09. The van der Waals surface area contributed by atoms with Crippen molar-refractivity contribution >= 4 is 11.6 Å². The number of carbonyl (C=O) groups excluding carboxylic acids is 1. The average molecular weight is 260 g/mol. The van der Waals surface area contributed by atoms with Crippen molar-refractivity contribution in [2.75, 3.05) is 11.9 Å². The minimum atomic E-state index is -0.482. The van der Waals surface area contributed by atoms with E-state index in [1.807, 2.05) is 6.07 Å². The second-order valence-corrected chi connectivity index (χ2v) is 5.69. The first-order valence-corrected chi connectivity index (χ1v) is 6.94. The Morgan fingerprint density at radius 2 is 2.37 bits per heavy atom. The lowest BCUT2D eigenvalue weighted by atomic mass is 9.70. The Hall–Kier alpha value is -1.62. The van der Waals surface area contributed by atoms with Crippen molar-refractivity contribution in [3.8, 4) is 0 Å². The van der Waals surface area contributed by atoms with Gasteiger partial charge in [0.1, 0.15) is 5.69 Å².